The van der Waals surface area contributed by atoms with Crippen molar-refractivity contribution in [2.24, 2.45) is 5.10 Å². The Labute approximate surface area is 190 Å². The molecule has 0 radical (unpaired) electrons. The van der Waals surface area contributed by atoms with Crippen LogP contribution in [0.4, 0.5) is 5.69 Å². The number of halogens is 1. The van der Waals surface area contributed by atoms with E-state index in [1.54, 1.807) is 30.3 Å². The number of aryl methyl sites for hydroxylation is 1. The molecular weight excluding hydrogens is 478 g/mol. The molecule has 3 rings (SSSR count). The predicted octanol–water partition coefficient (Wildman–Crippen LogP) is 4.36. The van der Waals surface area contributed by atoms with Crippen LogP contribution in [0.3, 0.4) is 0 Å². The highest BCUT2D eigenvalue weighted by Crippen LogP contribution is 2.24. The summed E-state index contributed by atoms with van der Waals surface area (Å²) in [7, 11) is -3.94. The van der Waals surface area contributed by atoms with Crippen LogP contribution < -0.4 is 9.73 Å². The Morgan fingerprint density at radius 3 is 2.39 bits per heavy atom. The van der Waals surface area contributed by atoms with Crippen molar-refractivity contribution in [1.29, 1.82) is 0 Å². The molecule has 0 aromatic heterocycles. The van der Waals surface area contributed by atoms with Crippen molar-refractivity contribution in [3.05, 3.63) is 94.5 Å². The summed E-state index contributed by atoms with van der Waals surface area (Å²) in [5.41, 5.74) is 4.68. The summed E-state index contributed by atoms with van der Waals surface area (Å²) in [6.45, 7) is 1.61. The summed E-state index contributed by atoms with van der Waals surface area (Å²) in [4.78, 5) is 12.7. The van der Waals surface area contributed by atoms with Crippen LogP contribution >= 0.6 is 15.9 Å². The number of sulfonamides is 1. The Balaban J connectivity index is 1.83. The van der Waals surface area contributed by atoms with E-state index in [4.69, 9.17) is 0 Å². The molecule has 0 bridgehead atoms. The van der Waals surface area contributed by atoms with Gasteiger partial charge in [0.1, 0.15) is 6.54 Å². The lowest BCUT2D eigenvalue weighted by molar-refractivity contribution is -0.119. The first-order chi connectivity index (χ1) is 14.9. The van der Waals surface area contributed by atoms with E-state index in [1.165, 1.54) is 18.3 Å². The van der Waals surface area contributed by atoms with Crippen molar-refractivity contribution >= 4 is 43.8 Å². The zero-order valence-electron chi connectivity index (χ0n) is 16.9. The number of carbonyl (C=O) groups excluding carboxylic acids is 1. The predicted molar refractivity (Wildman–Crippen MR) is 127 cm³/mol. The quantitative estimate of drug-likeness (QED) is 0.369. The highest BCUT2D eigenvalue weighted by Gasteiger charge is 2.27. The van der Waals surface area contributed by atoms with Crippen LogP contribution in [-0.2, 0) is 21.2 Å². The largest absolute Gasteiger partial charge is 0.271 e. The number of hydrogen-bond donors (Lipinski definition) is 1. The number of nitrogens with one attached hydrogen (secondary N) is 1. The van der Waals surface area contributed by atoms with Crippen molar-refractivity contribution in [3.63, 3.8) is 0 Å². The van der Waals surface area contributed by atoms with Crippen molar-refractivity contribution in [1.82, 2.24) is 5.43 Å². The van der Waals surface area contributed by atoms with E-state index in [-0.39, 0.29) is 4.90 Å². The number of nitrogens with zero attached hydrogens (tertiary/aromatic N) is 2. The second-order valence-electron chi connectivity index (χ2n) is 6.69. The SMILES string of the molecule is CCc1ccc(N(CC(=O)N/N=C\c2cccc(Br)c2)S(=O)(=O)c2ccccc2)cc1. The molecule has 0 unspecified atom stereocenters. The lowest BCUT2D eigenvalue weighted by Gasteiger charge is -2.24. The smallest absolute Gasteiger partial charge is 0.264 e. The summed E-state index contributed by atoms with van der Waals surface area (Å²) in [6, 6.07) is 22.6. The number of benzene rings is 3. The van der Waals surface area contributed by atoms with Gasteiger partial charge in [0.2, 0.25) is 0 Å². The summed E-state index contributed by atoms with van der Waals surface area (Å²) in [6.07, 6.45) is 2.32. The Hall–Kier alpha value is -2.97. The van der Waals surface area contributed by atoms with Crippen LogP contribution in [0.1, 0.15) is 18.1 Å². The van der Waals surface area contributed by atoms with Gasteiger partial charge in [0, 0.05) is 4.47 Å². The van der Waals surface area contributed by atoms with Gasteiger partial charge in [-0.3, -0.25) is 9.10 Å². The highest BCUT2D eigenvalue weighted by molar-refractivity contribution is 9.10. The van der Waals surface area contributed by atoms with Gasteiger partial charge in [-0.25, -0.2) is 13.8 Å². The molecule has 0 heterocycles. The van der Waals surface area contributed by atoms with Gasteiger partial charge in [-0.2, -0.15) is 5.10 Å². The molecule has 1 N–H and O–H groups in total. The van der Waals surface area contributed by atoms with Crippen LogP contribution in [0.5, 0.6) is 0 Å². The normalized spacial score (nSPS) is 11.4. The van der Waals surface area contributed by atoms with E-state index >= 15 is 0 Å². The second-order valence-corrected chi connectivity index (χ2v) is 9.47. The average Bonchev–Trinajstić information content (AvgIpc) is 2.78. The molecule has 0 fully saturated rings. The fourth-order valence-electron chi connectivity index (χ4n) is 2.86. The third-order valence-corrected chi connectivity index (χ3v) is 6.78. The fourth-order valence-corrected chi connectivity index (χ4v) is 4.72. The van der Waals surface area contributed by atoms with Crippen molar-refractivity contribution < 1.29 is 13.2 Å². The molecule has 0 aliphatic heterocycles. The van der Waals surface area contributed by atoms with Gasteiger partial charge in [-0.1, -0.05) is 65.3 Å². The summed E-state index contributed by atoms with van der Waals surface area (Å²) in [5.74, 6) is -0.551. The fraction of sp³-hybridized carbons (Fsp3) is 0.130. The average molecular weight is 500 g/mol. The topological polar surface area (TPSA) is 78.8 Å². The highest BCUT2D eigenvalue weighted by atomic mass is 79.9. The number of rotatable bonds is 8. The Morgan fingerprint density at radius 2 is 1.74 bits per heavy atom. The first-order valence-electron chi connectivity index (χ1n) is 9.64. The van der Waals surface area contributed by atoms with Gasteiger partial charge in [-0.15, -0.1) is 0 Å². The summed E-state index contributed by atoms with van der Waals surface area (Å²) >= 11 is 3.37. The van der Waals surface area contributed by atoms with Gasteiger partial charge in [0.25, 0.3) is 15.9 Å². The molecule has 0 aliphatic rings. The minimum Gasteiger partial charge on any atom is -0.271 e. The van der Waals surface area contributed by atoms with Gasteiger partial charge >= 0.3 is 0 Å². The van der Waals surface area contributed by atoms with Gasteiger partial charge in [0.05, 0.1) is 16.8 Å². The van der Waals surface area contributed by atoms with Gasteiger partial charge in [-0.05, 0) is 53.9 Å². The van der Waals surface area contributed by atoms with Crippen LogP contribution in [0, 0.1) is 0 Å². The lowest BCUT2D eigenvalue weighted by atomic mass is 10.1. The van der Waals surface area contributed by atoms with Crippen molar-refractivity contribution in [2.75, 3.05) is 10.8 Å². The first kappa shape index (κ1) is 22.7. The molecule has 0 atom stereocenters. The number of amides is 1. The third-order valence-electron chi connectivity index (χ3n) is 4.50. The first-order valence-corrected chi connectivity index (χ1v) is 11.9. The third kappa shape index (κ3) is 6.02. The molecule has 6 nitrogen and oxygen atoms in total. The van der Waals surface area contributed by atoms with Gasteiger partial charge in [0.15, 0.2) is 0 Å². The Morgan fingerprint density at radius 1 is 1.03 bits per heavy atom. The second kappa shape index (κ2) is 10.4. The van der Waals surface area contributed by atoms with E-state index in [2.05, 4.69) is 26.5 Å². The Kier molecular flexibility index (Phi) is 7.59. The minimum absolute atomic E-state index is 0.111. The Bertz CT molecular complexity index is 1160. The number of hydrogen-bond acceptors (Lipinski definition) is 4. The number of hydrazone groups is 1. The molecule has 0 saturated carbocycles. The van der Waals surface area contributed by atoms with E-state index in [9.17, 15) is 13.2 Å². The van der Waals surface area contributed by atoms with Gasteiger partial charge < -0.3 is 0 Å². The molecule has 0 spiro atoms. The molecule has 8 heteroatoms. The summed E-state index contributed by atoms with van der Waals surface area (Å²) in [5, 5.41) is 3.94. The van der Waals surface area contributed by atoms with E-state index in [0.29, 0.717) is 5.69 Å². The van der Waals surface area contributed by atoms with Crippen molar-refractivity contribution in [3.8, 4) is 0 Å². The molecule has 1 amide bonds. The molecular formula is C23H22BrN3O3S. The van der Waals surface area contributed by atoms with Crippen LogP contribution in [0.2, 0.25) is 0 Å². The molecule has 3 aromatic carbocycles. The standard InChI is InChI=1S/C23H22BrN3O3S/c1-2-18-11-13-21(14-12-18)27(31(29,30)22-9-4-3-5-10-22)17-23(28)26-25-16-19-7-6-8-20(24)15-19/h3-16H,2,17H2,1H3,(H,26,28)/b25-16-. The zero-order valence-corrected chi connectivity index (χ0v) is 19.3. The summed E-state index contributed by atoms with van der Waals surface area (Å²) < 4.78 is 28.5. The maximum Gasteiger partial charge on any atom is 0.264 e. The molecule has 160 valence electrons. The zero-order chi connectivity index (χ0) is 22.3. The number of carbonyl (C=O) groups is 1. The van der Waals surface area contributed by atoms with Crippen LogP contribution in [0.25, 0.3) is 0 Å². The maximum atomic E-state index is 13.3. The lowest BCUT2D eigenvalue weighted by Crippen LogP contribution is -2.39. The van der Waals surface area contributed by atoms with Crippen LogP contribution in [-0.4, -0.2) is 27.1 Å². The van der Waals surface area contributed by atoms with E-state index in [1.807, 2.05) is 43.3 Å². The van der Waals surface area contributed by atoms with Crippen molar-refractivity contribution in [2.45, 2.75) is 18.2 Å². The molecule has 3 aromatic rings. The van der Waals surface area contributed by atoms with Crippen LogP contribution in [0.15, 0.2) is 93.3 Å². The molecule has 31 heavy (non-hydrogen) atoms. The molecule has 0 aliphatic carbocycles. The van der Waals surface area contributed by atoms with E-state index < -0.39 is 22.5 Å². The van der Waals surface area contributed by atoms with E-state index in [0.717, 1.165) is 26.3 Å². The minimum atomic E-state index is -3.94. The monoisotopic (exact) mass is 499 g/mol. The number of anilines is 1. The maximum absolute atomic E-state index is 13.3. The molecule has 0 saturated heterocycles.